The maximum absolute atomic E-state index is 14.8. The zero-order chi connectivity index (χ0) is 18.7. The van der Waals surface area contributed by atoms with E-state index in [0.717, 1.165) is 29.9 Å². The molecule has 3 aromatic carbocycles. The number of hydrogen-bond donors (Lipinski definition) is 0. The highest BCUT2D eigenvalue weighted by Crippen LogP contribution is 2.50. The monoisotopic (exact) mass is 358 g/mol. The fourth-order valence-corrected chi connectivity index (χ4v) is 3.43. The van der Waals surface area contributed by atoms with Crippen LogP contribution in [-0.4, -0.2) is 0 Å². The average molecular weight is 358 g/mol. The second-order valence-corrected chi connectivity index (χ2v) is 7.35. The first kappa shape index (κ1) is 17.5. The van der Waals surface area contributed by atoms with Crippen LogP contribution in [0.25, 0.3) is 0 Å². The first-order valence-corrected chi connectivity index (χ1v) is 9.39. The first-order valence-electron chi connectivity index (χ1n) is 9.39. The van der Waals surface area contributed by atoms with Gasteiger partial charge in [0, 0.05) is 11.8 Å². The van der Waals surface area contributed by atoms with Crippen molar-refractivity contribution < 1.29 is 9.13 Å². The lowest BCUT2D eigenvalue weighted by atomic mass is 9.93. The molecule has 1 saturated carbocycles. The van der Waals surface area contributed by atoms with Crippen LogP contribution < -0.4 is 4.74 Å². The van der Waals surface area contributed by atoms with Crippen molar-refractivity contribution in [2.24, 2.45) is 0 Å². The topological polar surface area (TPSA) is 9.23 Å². The van der Waals surface area contributed by atoms with Crippen LogP contribution in [0.4, 0.5) is 4.39 Å². The molecule has 0 atom stereocenters. The van der Waals surface area contributed by atoms with E-state index in [0.29, 0.717) is 6.42 Å². The highest BCUT2D eigenvalue weighted by molar-refractivity contribution is 5.40. The second kappa shape index (κ2) is 7.40. The largest absolute Gasteiger partial charge is 0.457 e. The van der Waals surface area contributed by atoms with Crippen LogP contribution in [0.1, 0.15) is 29.5 Å². The molecule has 136 valence electrons. The van der Waals surface area contributed by atoms with E-state index >= 15 is 0 Å². The van der Waals surface area contributed by atoms with Gasteiger partial charge in [0.05, 0.1) is 0 Å². The summed E-state index contributed by atoms with van der Waals surface area (Å²) in [5.74, 6) is 1.43. The molecular formula is C25H23FO. The average Bonchev–Trinajstić information content (AvgIpc) is 3.44. The zero-order valence-electron chi connectivity index (χ0n) is 15.5. The molecule has 2 heteroatoms. The molecule has 27 heavy (non-hydrogen) atoms. The van der Waals surface area contributed by atoms with Gasteiger partial charge in [-0.25, -0.2) is 4.39 Å². The smallest absolute Gasteiger partial charge is 0.127 e. The van der Waals surface area contributed by atoms with Crippen molar-refractivity contribution in [3.8, 4) is 11.5 Å². The molecule has 0 aliphatic heterocycles. The van der Waals surface area contributed by atoms with Gasteiger partial charge in [-0.15, -0.1) is 0 Å². The third kappa shape index (κ3) is 4.28. The van der Waals surface area contributed by atoms with E-state index in [-0.39, 0.29) is 11.2 Å². The van der Waals surface area contributed by atoms with Crippen molar-refractivity contribution in [2.45, 2.75) is 31.6 Å². The zero-order valence-corrected chi connectivity index (χ0v) is 15.5. The minimum atomic E-state index is -0.115. The van der Waals surface area contributed by atoms with Crippen molar-refractivity contribution in [1.82, 2.24) is 0 Å². The molecule has 0 heterocycles. The van der Waals surface area contributed by atoms with E-state index in [9.17, 15) is 4.39 Å². The van der Waals surface area contributed by atoms with Gasteiger partial charge in [-0.1, -0.05) is 60.2 Å². The van der Waals surface area contributed by atoms with E-state index in [1.165, 1.54) is 11.1 Å². The lowest BCUT2D eigenvalue weighted by Gasteiger charge is -2.12. The number of rotatable bonds is 6. The van der Waals surface area contributed by atoms with Gasteiger partial charge in [0.15, 0.2) is 0 Å². The predicted molar refractivity (Wildman–Crippen MR) is 108 cm³/mol. The maximum Gasteiger partial charge on any atom is 0.127 e. The molecule has 0 radical (unpaired) electrons. The number of ether oxygens (including phenoxy) is 1. The lowest BCUT2D eigenvalue weighted by Crippen LogP contribution is -2.03. The number of hydrogen-bond acceptors (Lipinski definition) is 1. The summed E-state index contributed by atoms with van der Waals surface area (Å²) in [7, 11) is 0. The Morgan fingerprint density at radius 1 is 0.926 bits per heavy atom. The van der Waals surface area contributed by atoms with Crippen LogP contribution in [0.2, 0.25) is 0 Å². The van der Waals surface area contributed by atoms with Gasteiger partial charge < -0.3 is 4.74 Å². The van der Waals surface area contributed by atoms with Gasteiger partial charge in [-0.3, -0.25) is 0 Å². The van der Waals surface area contributed by atoms with Crippen LogP contribution in [0, 0.1) is 6.92 Å². The number of halogens is 1. The van der Waals surface area contributed by atoms with Crippen LogP contribution in [0.15, 0.2) is 90.8 Å². The number of allylic oxidation sites excluding steroid dienone is 2. The van der Waals surface area contributed by atoms with Crippen molar-refractivity contribution in [3.05, 3.63) is 107 Å². The third-order valence-electron chi connectivity index (χ3n) is 5.10. The van der Waals surface area contributed by atoms with Gasteiger partial charge in [-0.05, 0) is 61.2 Å². The van der Waals surface area contributed by atoms with E-state index < -0.39 is 0 Å². The van der Waals surface area contributed by atoms with Crippen LogP contribution >= 0.6 is 0 Å². The van der Waals surface area contributed by atoms with Crippen LogP contribution in [0.5, 0.6) is 11.5 Å². The van der Waals surface area contributed by atoms with Gasteiger partial charge in [0.2, 0.25) is 0 Å². The normalized spacial score (nSPS) is 15.4. The molecule has 1 aliphatic carbocycles. The molecule has 0 saturated heterocycles. The number of para-hydroxylation sites is 1. The molecule has 4 rings (SSSR count). The Morgan fingerprint density at radius 3 is 2.33 bits per heavy atom. The minimum Gasteiger partial charge on any atom is -0.457 e. The molecule has 1 aliphatic rings. The molecule has 3 aromatic rings. The molecule has 1 fully saturated rings. The minimum absolute atomic E-state index is 0.0788. The summed E-state index contributed by atoms with van der Waals surface area (Å²) in [4.78, 5) is 0. The Balaban J connectivity index is 1.48. The van der Waals surface area contributed by atoms with E-state index in [1.807, 2.05) is 60.7 Å². The van der Waals surface area contributed by atoms with Gasteiger partial charge in [0.25, 0.3) is 0 Å². The first-order chi connectivity index (χ1) is 13.1. The summed E-state index contributed by atoms with van der Waals surface area (Å²) in [5.41, 5.74) is 3.24. The fourth-order valence-electron chi connectivity index (χ4n) is 3.43. The molecule has 0 spiro atoms. The van der Waals surface area contributed by atoms with Crippen molar-refractivity contribution >= 4 is 0 Å². The summed E-state index contributed by atoms with van der Waals surface area (Å²) in [5, 5.41) is 0. The number of benzene rings is 3. The Labute approximate surface area is 160 Å². The van der Waals surface area contributed by atoms with Gasteiger partial charge in [0.1, 0.15) is 17.3 Å². The van der Waals surface area contributed by atoms with Crippen molar-refractivity contribution in [3.63, 3.8) is 0 Å². The SMILES string of the molecule is Cc1ccc(C2(/C=C(\F)Cc3cccc(Oc4ccccc4)c3)CC2)cc1. The van der Waals surface area contributed by atoms with Crippen LogP contribution in [-0.2, 0) is 11.8 Å². The molecule has 0 N–H and O–H groups in total. The van der Waals surface area contributed by atoms with E-state index in [2.05, 4.69) is 31.2 Å². The Kier molecular flexibility index (Phi) is 4.81. The molecule has 0 aromatic heterocycles. The number of aryl methyl sites for hydroxylation is 1. The highest BCUT2D eigenvalue weighted by Gasteiger charge is 2.42. The highest BCUT2D eigenvalue weighted by atomic mass is 19.1. The van der Waals surface area contributed by atoms with Gasteiger partial charge in [-0.2, -0.15) is 0 Å². The van der Waals surface area contributed by atoms with Crippen molar-refractivity contribution in [2.75, 3.05) is 0 Å². The fraction of sp³-hybridized carbons (Fsp3) is 0.200. The van der Waals surface area contributed by atoms with Crippen LogP contribution in [0.3, 0.4) is 0 Å². The summed E-state index contributed by atoms with van der Waals surface area (Å²) < 4.78 is 20.6. The molecular weight excluding hydrogens is 335 g/mol. The summed E-state index contributed by atoms with van der Waals surface area (Å²) in [6, 6.07) is 25.7. The quantitative estimate of drug-likeness (QED) is 0.465. The molecule has 1 nitrogen and oxygen atoms in total. The van der Waals surface area contributed by atoms with E-state index in [4.69, 9.17) is 4.74 Å². The Bertz CT molecular complexity index is 938. The molecule has 0 unspecified atom stereocenters. The third-order valence-corrected chi connectivity index (χ3v) is 5.10. The molecule has 0 amide bonds. The Morgan fingerprint density at radius 2 is 1.63 bits per heavy atom. The summed E-state index contributed by atoms with van der Waals surface area (Å²) in [6.07, 6.45) is 4.14. The lowest BCUT2D eigenvalue weighted by molar-refractivity contribution is 0.482. The predicted octanol–water partition coefficient (Wildman–Crippen LogP) is 6.92. The van der Waals surface area contributed by atoms with Gasteiger partial charge >= 0.3 is 0 Å². The standard InChI is InChI=1S/C25H23FO/c1-19-10-12-21(13-11-19)25(14-15-25)18-22(26)16-20-6-5-9-24(17-20)27-23-7-3-2-4-8-23/h2-13,17-18H,14-16H2,1H3/b22-18-. The summed E-state index contributed by atoms with van der Waals surface area (Å²) in [6.45, 7) is 2.07. The van der Waals surface area contributed by atoms with Crippen molar-refractivity contribution in [1.29, 1.82) is 0 Å². The van der Waals surface area contributed by atoms with E-state index in [1.54, 1.807) is 0 Å². The maximum atomic E-state index is 14.8. The summed E-state index contributed by atoms with van der Waals surface area (Å²) >= 11 is 0. The molecule has 0 bridgehead atoms. The Hall–Kier alpha value is -2.87. The second-order valence-electron chi connectivity index (χ2n) is 7.35.